The Morgan fingerprint density at radius 3 is 3.00 bits per heavy atom. The summed E-state index contributed by atoms with van der Waals surface area (Å²) in [5.41, 5.74) is 3.05. The summed E-state index contributed by atoms with van der Waals surface area (Å²) in [6.07, 6.45) is 1.80. The van der Waals surface area contributed by atoms with E-state index in [9.17, 15) is 0 Å². The maximum Gasteiger partial charge on any atom is 0.194 e. The molecule has 2 rings (SSSR count). The minimum Gasteiger partial charge on any atom is -0.207 e. The Morgan fingerprint density at radius 1 is 1.62 bits per heavy atom. The van der Waals surface area contributed by atoms with E-state index < -0.39 is 0 Å². The molecule has 9 heteroatoms. The molecule has 1 atom stereocenters. The van der Waals surface area contributed by atoms with Crippen molar-refractivity contribution in [1.29, 1.82) is 0 Å². The van der Waals surface area contributed by atoms with Gasteiger partial charge in [0.15, 0.2) is 28.9 Å². The first-order valence-corrected chi connectivity index (χ1v) is 6.36. The van der Waals surface area contributed by atoms with Gasteiger partial charge in [-0.3, -0.25) is 0 Å². The van der Waals surface area contributed by atoms with Crippen molar-refractivity contribution in [1.82, 2.24) is 15.0 Å². The first-order valence-electron chi connectivity index (χ1n) is 3.13. The Balaban J connectivity index is 2.03. The van der Waals surface area contributed by atoms with Crippen molar-refractivity contribution in [2.45, 2.75) is 5.03 Å². The number of hydrogen-bond donors (Lipinski definition) is 3. The van der Waals surface area contributed by atoms with Gasteiger partial charge in [-0.1, -0.05) is 4.49 Å². The Hall–Kier alpha value is 0.460. The molecule has 0 aromatic carbocycles. The van der Waals surface area contributed by atoms with Crippen LogP contribution in [-0.4, -0.2) is 12.4 Å². The third-order valence-electron chi connectivity index (χ3n) is 1.13. The molecule has 1 aliphatic heterocycles. The van der Waals surface area contributed by atoms with E-state index in [1.165, 1.54) is 35.4 Å². The van der Waals surface area contributed by atoms with E-state index in [4.69, 9.17) is 0 Å². The maximum atomic E-state index is 4.42. The van der Waals surface area contributed by atoms with Crippen LogP contribution in [0.2, 0.25) is 0 Å². The van der Waals surface area contributed by atoms with E-state index in [-0.39, 0.29) is 2.81 Å². The van der Waals surface area contributed by atoms with E-state index in [1.807, 2.05) is 5.38 Å². The summed E-state index contributed by atoms with van der Waals surface area (Å²) in [6.45, 7) is 0. The monoisotopic (exact) mass is 269 g/mol. The van der Waals surface area contributed by atoms with E-state index in [0.717, 1.165) is 9.26 Å². The second-order valence-electron chi connectivity index (χ2n) is 2.06. The van der Waals surface area contributed by atoms with Crippen molar-refractivity contribution < 1.29 is 2.81 Å². The minimum atomic E-state index is 0.254. The average molecular weight is 269 g/mol. The second-order valence-corrected chi connectivity index (χ2v) is 7.14. The molecule has 4 nitrogen and oxygen atoms in total. The molecule has 1 aromatic rings. The van der Waals surface area contributed by atoms with Gasteiger partial charge < -0.3 is 0 Å². The zero-order chi connectivity index (χ0) is 9.31. The summed E-state index contributed by atoms with van der Waals surface area (Å²) in [5, 5.41) is 6.63. The van der Waals surface area contributed by atoms with Crippen molar-refractivity contribution in [2.24, 2.45) is 0 Å². The smallest absolute Gasteiger partial charge is 0.194 e. The maximum absolute atomic E-state index is 4.42. The van der Waals surface area contributed by atoms with Crippen molar-refractivity contribution in [3.63, 3.8) is 0 Å². The highest BCUT2D eigenvalue weighted by Gasteiger charge is 2.36. The molecule has 1 aliphatic rings. The van der Waals surface area contributed by atoms with Crippen LogP contribution < -0.4 is 5.43 Å². The van der Waals surface area contributed by atoms with Gasteiger partial charge in [0, 0.05) is 0 Å². The number of quaternary nitrogens is 1. The van der Waals surface area contributed by atoms with Gasteiger partial charge in [-0.15, -0.1) is 17.7 Å². The van der Waals surface area contributed by atoms with Crippen LogP contribution >= 0.6 is 60.9 Å². The van der Waals surface area contributed by atoms with Crippen LogP contribution in [0.4, 0.5) is 0 Å². The summed E-state index contributed by atoms with van der Waals surface area (Å²) in [7, 11) is 0. The Kier molecular flexibility index (Phi) is 3.01. The summed E-state index contributed by atoms with van der Waals surface area (Å²) >= 11 is 12.9. The summed E-state index contributed by atoms with van der Waals surface area (Å²) < 4.78 is 4.92. The van der Waals surface area contributed by atoms with Gasteiger partial charge in [0.2, 0.25) is 0 Å². The fourth-order valence-corrected chi connectivity index (χ4v) is 4.23. The Bertz CT molecular complexity index is 323. The van der Waals surface area contributed by atoms with Crippen LogP contribution in [0, 0.1) is 0 Å². The van der Waals surface area contributed by atoms with Crippen molar-refractivity contribution in [3.05, 3.63) is 15.8 Å². The predicted octanol–water partition coefficient (Wildman–Crippen LogP) is 2.10. The van der Waals surface area contributed by atoms with Gasteiger partial charge in [0.1, 0.15) is 17.1 Å². The number of nitrogens with zero attached hydrogens (tertiary/aromatic N) is 3. The standard InChI is InChI=1S/C4H4N4S5/c9-4-1-5-8(10,13-4)12-3-2-11-7-6-3/h1-2,10H,(H-,5,6,7,9)/p+1. The number of rotatable bonds is 2. The molecule has 1 aromatic heterocycles. The molecule has 0 spiro atoms. The summed E-state index contributed by atoms with van der Waals surface area (Å²) in [6, 6.07) is 0. The number of thiol groups is 2. The fourth-order valence-electron chi connectivity index (χ4n) is 0.684. The van der Waals surface area contributed by atoms with Crippen LogP contribution in [0.25, 0.3) is 0 Å². The number of aromatic nitrogens is 2. The van der Waals surface area contributed by atoms with Crippen LogP contribution in [0.1, 0.15) is 0 Å². The highest BCUT2D eigenvalue weighted by Crippen LogP contribution is 2.46. The highest BCUT2D eigenvalue weighted by molar-refractivity contribution is 8.21. The molecule has 0 radical (unpaired) electrons. The van der Waals surface area contributed by atoms with Gasteiger partial charge in [-0.05, 0) is 14.3 Å². The molecule has 2 heterocycles. The van der Waals surface area contributed by atoms with Gasteiger partial charge in [-0.25, -0.2) is 5.43 Å². The number of hydrogen-bond acceptors (Lipinski definition) is 8. The third kappa shape index (κ3) is 2.48. The van der Waals surface area contributed by atoms with Crippen molar-refractivity contribution in [2.75, 3.05) is 0 Å². The molecule has 0 aliphatic carbocycles. The zero-order valence-electron chi connectivity index (χ0n) is 6.12. The van der Waals surface area contributed by atoms with Gasteiger partial charge >= 0.3 is 0 Å². The van der Waals surface area contributed by atoms with E-state index in [1.54, 1.807) is 6.20 Å². The lowest BCUT2D eigenvalue weighted by atomic mass is 11.0. The molecule has 70 valence electrons. The van der Waals surface area contributed by atoms with E-state index >= 15 is 0 Å². The molecular formula is C4H5N4S5+. The average Bonchev–Trinajstić information content (AvgIpc) is 2.62. The van der Waals surface area contributed by atoms with Gasteiger partial charge in [-0.2, -0.15) is 0 Å². The molecular weight excluding hydrogens is 264 g/mol. The van der Waals surface area contributed by atoms with Crippen LogP contribution in [0.3, 0.4) is 0 Å². The van der Waals surface area contributed by atoms with Gasteiger partial charge in [0.05, 0.1) is 11.6 Å². The summed E-state index contributed by atoms with van der Waals surface area (Å²) in [5.74, 6) is 0. The second kappa shape index (κ2) is 3.91. The molecule has 0 saturated heterocycles. The first kappa shape index (κ1) is 9.99. The first-order chi connectivity index (χ1) is 6.18. The topological polar surface area (TPSA) is 37.8 Å². The number of nitrogens with one attached hydrogen (secondary N) is 1. The molecule has 0 fully saturated rings. The zero-order valence-corrected chi connectivity index (χ0v) is 10.4. The lowest BCUT2D eigenvalue weighted by Gasteiger charge is -2.17. The van der Waals surface area contributed by atoms with Crippen LogP contribution in [0.5, 0.6) is 0 Å². The van der Waals surface area contributed by atoms with Crippen molar-refractivity contribution in [3.8, 4) is 0 Å². The third-order valence-corrected chi connectivity index (χ3v) is 4.60. The lowest BCUT2D eigenvalue weighted by molar-refractivity contribution is -0.524. The molecule has 13 heavy (non-hydrogen) atoms. The molecule has 1 unspecified atom stereocenters. The quantitative estimate of drug-likeness (QED) is 0.436. The molecule has 0 saturated carbocycles. The molecule has 0 amide bonds. The van der Waals surface area contributed by atoms with Crippen molar-refractivity contribution >= 4 is 60.9 Å². The highest BCUT2D eigenvalue weighted by atomic mass is 32.3. The van der Waals surface area contributed by atoms with Crippen LogP contribution in [0.15, 0.2) is 20.8 Å². The SMILES string of the molecule is SC1=CN[N+](S)(Sc2csnn2)S1. The minimum absolute atomic E-state index is 0.254. The summed E-state index contributed by atoms with van der Waals surface area (Å²) in [4.78, 5) is 0. The normalized spacial score (nSPS) is 27.1. The van der Waals surface area contributed by atoms with Gasteiger partial charge in [0.25, 0.3) is 0 Å². The Morgan fingerprint density at radius 2 is 2.46 bits per heavy atom. The van der Waals surface area contributed by atoms with E-state index in [2.05, 4.69) is 40.5 Å². The molecule has 0 bridgehead atoms. The predicted molar refractivity (Wildman–Crippen MR) is 62.8 cm³/mol. The fraction of sp³-hybridized carbons (Fsp3) is 0. The molecule has 1 N–H and O–H groups in total. The lowest BCUT2D eigenvalue weighted by Crippen LogP contribution is -2.29. The van der Waals surface area contributed by atoms with Crippen LogP contribution in [-0.2, 0) is 0 Å². The Labute approximate surface area is 99.1 Å². The largest absolute Gasteiger partial charge is 0.207 e. The van der Waals surface area contributed by atoms with E-state index in [0.29, 0.717) is 0 Å².